The molecule has 0 atom stereocenters. The topological polar surface area (TPSA) is 34.9 Å². The van der Waals surface area contributed by atoms with Crippen molar-refractivity contribution in [2.24, 2.45) is 0 Å². The zero-order valence-corrected chi connectivity index (χ0v) is 13.6. The van der Waals surface area contributed by atoms with Crippen molar-refractivity contribution in [1.29, 1.82) is 0 Å². The van der Waals surface area contributed by atoms with E-state index >= 15 is 0 Å². The predicted molar refractivity (Wildman–Crippen MR) is 96.3 cm³/mol. The molecule has 2 aromatic carbocycles. The second-order valence-electron chi connectivity index (χ2n) is 5.71. The highest BCUT2D eigenvalue weighted by molar-refractivity contribution is 5.70. The lowest BCUT2D eigenvalue weighted by Gasteiger charge is -2.11. The third kappa shape index (κ3) is 3.51. The van der Waals surface area contributed by atoms with Gasteiger partial charge in [-0.2, -0.15) is 0 Å². The number of rotatable bonds is 7. The molecule has 0 radical (unpaired) electrons. The van der Waals surface area contributed by atoms with Gasteiger partial charge in [0.1, 0.15) is 0 Å². The Morgan fingerprint density at radius 1 is 0.958 bits per heavy atom. The summed E-state index contributed by atoms with van der Waals surface area (Å²) in [5.41, 5.74) is 4.35. The Morgan fingerprint density at radius 3 is 2.17 bits per heavy atom. The van der Waals surface area contributed by atoms with E-state index in [4.69, 9.17) is 0 Å². The summed E-state index contributed by atoms with van der Waals surface area (Å²) in [4.78, 5) is 16.1. The maximum atomic E-state index is 11.5. The minimum atomic E-state index is 0.474. The van der Waals surface area contributed by atoms with E-state index in [1.54, 1.807) is 0 Å². The van der Waals surface area contributed by atoms with Crippen molar-refractivity contribution < 1.29 is 4.79 Å². The molecule has 0 saturated heterocycles. The lowest BCUT2D eigenvalue weighted by molar-refractivity contribution is 0.111. The summed E-state index contributed by atoms with van der Waals surface area (Å²) in [5, 5.41) is 0. The third-order valence-electron chi connectivity index (χ3n) is 4.03. The number of carbonyl (C=O) groups excluding carboxylic acids is 1. The molecule has 0 saturated carbocycles. The molecule has 1 aromatic heterocycles. The van der Waals surface area contributed by atoms with E-state index in [9.17, 15) is 4.79 Å². The Labute approximate surface area is 142 Å². The van der Waals surface area contributed by atoms with Crippen molar-refractivity contribution in [1.82, 2.24) is 9.55 Å². The summed E-state index contributed by atoms with van der Waals surface area (Å²) in [7, 11) is 0. The molecular weight excluding hydrogens is 296 g/mol. The number of nitrogens with zero attached hydrogens (tertiary/aromatic N) is 2. The lowest BCUT2D eigenvalue weighted by atomic mass is 10.1. The second kappa shape index (κ2) is 7.55. The number of aromatic nitrogens is 2. The monoisotopic (exact) mass is 316 g/mol. The summed E-state index contributed by atoms with van der Waals surface area (Å²) < 4.78 is 2.02. The van der Waals surface area contributed by atoms with Crippen molar-refractivity contribution in [3.05, 3.63) is 102 Å². The highest BCUT2D eigenvalue weighted by Gasteiger charge is 2.16. The zero-order chi connectivity index (χ0) is 16.8. The first-order valence-electron chi connectivity index (χ1n) is 8.04. The normalized spacial score (nSPS) is 10.5. The van der Waals surface area contributed by atoms with Crippen LogP contribution in [0.25, 0.3) is 0 Å². The SMILES string of the molecule is C=CCc1nc(C=O)n(Cc2ccccc2)c1Cc1ccccc1. The van der Waals surface area contributed by atoms with Crippen LogP contribution in [-0.2, 0) is 19.4 Å². The number of hydrogen-bond donors (Lipinski definition) is 0. The van der Waals surface area contributed by atoms with E-state index in [1.807, 2.05) is 47.0 Å². The van der Waals surface area contributed by atoms with Gasteiger partial charge in [0.25, 0.3) is 0 Å². The highest BCUT2D eigenvalue weighted by atomic mass is 16.1. The van der Waals surface area contributed by atoms with Crippen LogP contribution in [0.1, 0.15) is 33.1 Å². The van der Waals surface area contributed by atoms with Crippen LogP contribution in [0.2, 0.25) is 0 Å². The number of carbonyl (C=O) groups is 1. The van der Waals surface area contributed by atoms with Gasteiger partial charge in [-0.05, 0) is 11.1 Å². The molecular formula is C21H20N2O. The minimum absolute atomic E-state index is 0.474. The van der Waals surface area contributed by atoms with Gasteiger partial charge in [-0.15, -0.1) is 6.58 Å². The van der Waals surface area contributed by atoms with Crippen LogP contribution in [0, 0.1) is 0 Å². The molecule has 0 bridgehead atoms. The van der Waals surface area contributed by atoms with E-state index < -0.39 is 0 Å². The molecule has 0 N–H and O–H groups in total. The molecule has 3 heteroatoms. The number of imidazole rings is 1. The van der Waals surface area contributed by atoms with Gasteiger partial charge in [0.05, 0.1) is 5.69 Å². The van der Waals surface area contributed by atoms with Crippen molar-refractivity contribution in [2.75, 3.05) is 0 Å². The molecule has 3 nitrogen and oxygen atoms in total. The van der Waals surface area contributed by atoms with Crippen LogP contribution in [0.4, 0.5) is 0 Å². The standard InChI is InChI=1S/C21H20N2O/c1-2-9-19-20(14-17-10-5-3-6-11-17)23(21(16-24)22-19)15-18-12-7-4-8-13-18/h2-8,10-13,16H,1,9,14-15H2. The molecule has 0 spiro atoms. The molecule has 24 heavy (non-hydrogen) atoms. The Balaban J connectivity index is 2.03. The van der Waals surface area contributed by atoms with E-state index in [2.05, 4.69) is 35.8 Å². The predicted octanol–water partition coefficient (Wildman–Crippen LogP) is 4.06. The molecule has 0 fully saturated rings. The van der Waals surface area contributed by atoms with Crippen LogP contribution >= 0.6 is 0 Å². The van der Waals surface area contributed by atoms with E-state index in [0.717, 1.165) is 29.7 Å². The first-order valence-corrected chi connectivity index (χ1v) is 8.04. The average Bonchev–Trinajstić information content (AvgIpc) is 2.94. The summed E-state index contributed by atoms with van der Waals surface area (Å²) in [6.45, 7) is 4.46. The average molecular weight is 316 g/mol. The minimum Gasteiger partial charge on any atom is -0.321 e. The van der Waals surface area contributed by atoms with Gasteiger partial charge in [0.2, 0.25) is 0 Å². The van der Waals surface area contributed by atoms with Gasteiger partial charge in [-0.3, -0.25) is 4.79 Å². The molecule has 3 aromatic rings. The van der Waals surface area contributed by atoms with Crippen molar-refractivity contribution in [2.45, 2.75) is 19.4 Å². The number of benzene rings is 2. The molecule has 0 unspecified atom stereocenters. The summed E-state index contributed by atoms with van der Waals surface area (Å²) in [6.07, 6.45) is 4.07. The first kappa shape index (κ1) is 15.9. The Hall–Kier alpha value is -2.94. The van der Waals surface area contributed by atoms with E-state index in [0.29, 0.717) is 18.8 Å². The zero-order valence-electron chi connectivity index (χ0n) is 13.6. The largest absolute Gasteiger partial charge is 0.321 e. The first-order chi connectivity index (χ1) is 11.8. The van der Waals surface area contributed by atoms with Gasteiger partial charge in [-0.1, -0.05) is 66.7 Å². The third-order valence-corrected chi connectivity index (χ3v) is 4.03. The molecule has 3 rings (SSSR count). The maximum Gasteiger partial charge on any atom is 0.185 e. The molecule has 0 aliphatic heterocycles. The van der Waals surface area contributed by atoms with Crippen molar-refractivity contribution in [3.63, 3.8) is 0 Å². The fourth-order valence-corrected chi connectivity index (χ4v) is 2.88. The van der Waals surface area contributed by atoms with Crippen LogP contribution in [0.5, 0.6) is 0 Å². The van der Waals surface area contributed by atoms with Gasteiger partial charge in [-0.25, -0.2) is 4.98 Å². The van der Waals surface area contributed by atoms with Crippen LogP contribution in [0.3, 0.4) is 0 Å². The molecule has 0 aliphatic carbocycles. The van der Waals surface area contributed by atoms with E-state index in [-0.39, 0.29) is 0 Å². The number of hydrogen-bond acceptors (Lipinski definition) is 2. The van der Waals surface area contributed by atoms with Crippen LogP contribution in [-0.4, -0.2) is 15.8 Å². The molecule has 1 heterocycles. The number of aldehydes is 1. The number of allylic oxidation sites excluding steroid dienone is 1. The van der Waals surface area contributed by atoms with Crippen molar-refractivity contribution in [3.8, 4) is 0 Å². The fraction of sp³-hybridized carbons (Fsp3) is 0.143. The van der Waals surface area contributed by atoms with E-state index in [1.165, 1.54) is 5.56 Å². The highest BCUT2D eigenvalue weighted by Crippen LogP contribution is 2.19. The summed E-state index contributed by atoms with van der Waals surface area (Å²) >= 11 is 0. The van der Waals surface area contributed by atoms with Gasteiger partial charge >= 0.3 is 0 Å². The van der Waals surface area contributed by atoms with Crippen molar-refractivity contribution >= 4 is 6.29 Å². The van der Waals surface area contributed by atoms with Gasteiger partial charge in [0.15, 0.2) is 12.1 Å². The summed E-state index contributed by atoms with van der Waals surface area (Å²) in [6, 6.07) is 20.4. The molecule has 120 valence electrons. The Kier molecular flexibility index (Phi) is 5.02. The second-order valence-corrected chi connectivity index (χ2v) is 5.71. The van der Waals surface area contributed by atoms with Gasteiger partial charge in [0, 0.05) is 25.1 Å². The molecule has 0 aliphatic rings. The quantitative estimate of drug-likeness (QED) is 0.486. The van der Waals surface area contributed by atoms with Gasteiger partial charge < -0.3 is 4.57 Å². The van der Waals surface area contributed by atoms with Crippen LogP contribution in [0.15, 0.2) is 73.3 Å². The lowest BCUT2D eigenvalue weighted by Crippen LogP contribution is -2.09. The maximum absolute atomic E-state index is 11.5. The van der Waals surface area contributed by atoms with Crippen LogP contribution < -0.4 is 0 Å². The Morgan fingerprint density at radius 2 is 1.58 bits per heavy atom. The molecule has 0 amide bonds. The smallest absolute Gasteiger partial charge is 0.185 e. The summed E-state index contributed by atoms with van der Waals surface area (Å²) in [5.74, 6) is 0.474. The Bertz CT molecular complexity index is 820. The fourth-order valence-electron chi connectivity index (χ4n) is 2.88.